The fourth-order valence-corrected chi connectivity index (χ4v) is 2.07. The Morgan fingerprint density at radius 3 is 2.76 bits per heavy atom. The molecule has 1 atom stereocenters. The van der Waals surface area contributed by atoms with Crippen molar-refractivity contribution in [2.45, 2.75) is 19.4 Å². The minimum absolute atomic E-state index is 0.387. The van der Waals surface area contributed by atoms with E-state index in [0.717, 1.165) is 12.1 Å². The second-order valence-electron chi connectivity index (χ2n) is 4.39. The Bertz CT molecular complexity index is 453. The smallest absolute Gasteiger partial charge is 0.335 e. The first-order valence-corrected chi connectivity index (χ1v) is 7.25. The average Bonchev–Trinajstić information content (AvgIpc) is 2.48. The minimum Gasteiger partial charge on any atom is -0.491 e. The van der Waals surface area contributed by atoms with E-state index in [4.69, 9.17) is 25.8 Å². The lowest BCUT2D eigenvalue weighted by molar-refractivity contribution is -0.153. The summed E-state index contributed by atoms with van der Waals surface area (Å²) < 4.78 is 15.7. The Balaban J connectivity index is 2.70. The fraction of sp³-hybridized carbons (Fsp3) is 0.533. The number of rotatable bonds is 9. The third-order valence-corrected chi connectivity index (χ3v) is 3.15. The van der Waals surface area contributed by atoms with Gasteiger partial charge in [0.2, 0.25) is 0 Å². The summed E-state index contributed by atoms with van der Waals surface area (Å²) in [5, 5.41) is 3.51. The number of nitrogens with one attached hydrogen (secondary N) is 1. The molecule has 0 fully saturated rings. The molecule has 0 aliphatic carbocycles. The summed E-state index contributed by atoms with van der Waals surface area (Å²) in [5.41, 5.74) is 0.893. The normalized spacial score (nSPS) is 12.0. The van der Waals surface area contributed by atoms with Gasteiger partial charge in [0.05, 0.1) is 12.1 Å². The Kier molecular flexibility index (Phi) is 8.12. The van der Waals surface area contributed by atoms with E-state index < -0.39 is 6.10 Å². The van der Waals surface area contributed by atoms with Gasteiger partial charge in [0, 0.05) is 19.6 Å². The number of hydrogen-bond acceptors (Lipinski definition) is 5. The summed E-state index contributed by atoms with van der Waals surface area (Å²) in [6.45, 7) is 3.56. The van der Waals surface area contributed by atoms with Crippen LogP contribution in [0.15, 0.2) is 18.2 Å². The first-order valence-electron chi connectivity index (χ1n) is 6.87. The van der Waals surface area contributed by atoms with E-state index in [9.17, 15) is 4.79 Å². The fourth-order valence-electron chi connectivity index (χ4n) is 1.81. The van der Waals surface area contributed by atoms with E-state index >= 15 is 0 Å². The molecule has 1 aromatic rings. The van der Waals surface area contributed by atoms with Crippen LogP contribution in [0.1, 0.15) is 12.5 Å². The number of carbonyl (C=O) groups excluding carboxylic acids is 1. The molecule has 1 unspecified atom stereocenters. The van der Waals surface area contributed by atoms with Crippen molar-refractivity contribution in [3.8, 4) is 5.75 Å². The maximum Gasteiger partial charge on any atom is 0.335 e. The number of methoxy groups -OCH3 is 1. The van der Waals surface area contributed by atoms with Crippen molar-refractivity contribution < 1.29 is 19.0 Å². The standard InChI is InChI=1S/C15H22ClNO4/c1-4-20-14(15(18)19-3)10-11-5-6-13(12(16)9-11)21-8-7-17-2/h5-6,9,14,17H,4,7-8,10H2,1-3H3. The molecular formula is C15H22ClNO4. The molecule has 0 aliphatic heterocycles. The summed E-state index contributed by atoms with van der Waals surface area (Å²) in [6.07, 6.45) is -0.205. The SMILES string of the molecule is CCOC(Cc1ccc(OCCNC)c(Cl)c1)C(=O)OC. The number of benzene rings is 1. The van der Waals surface area contributed by atoms with Gasteiger partial charge in [-0.05, 0) is 31.7 Å². The van der Waals surface area contributed by atoms with E-state index in [1.165, 1.54) is 7.11 Å². The van der Waals surface area contributed by atoms with Crippen LogP contribution in [0.25, 0.3) is 0 Å². The Morgan fingerprint density at radius 1 is 1.43 bits per heavy atom. The first-order chi connectivity index (χ1) is 10.1. The molecule has 0 saturated carbocycles. The van der Waals surface area contributed by atoms with Crippen molar-refractivity contribution in [2.75, 3.05) is 33.9 Å². The molecule has 0 amide bonds. The zero-order valence-electron chi connectivity index (χ0n) is 12.6. The highest BCUT2D eigenvalue weighted by molar-refractivity contribution is 6.32. The first kappa shape index (κ1) is 17.8. The molecule has 0 spiro atoms. The lowest BCUT2D eigenvalue weighted by Gasteiger charge is -2.15. The number of hydrogen-bond donors (Lipinski definition) is 1. The monoisotopic (exact) mass is 315 g/mol. The van der Waals surface area contributed by atoms with Gasteiger partial charge in [-0.2, -0.15) is 0 Å². The molecular weight excluding hydrogens is 294 g/mol. The summed E-state index contributed by atoms with van der Waals surface area (Å²) in [4.78, 5) is 11.6. The van der Waals surface area contributed by atoms with Crippen LogP contribution in [-0.2, 0) is 20.7 Å². The van der Waals surface area contributed by atoms with E-state index in [1.807, 2.05) is 20.0 Å². The lowest BCUT2D eigenvalue weighted by atomic mass is 10.1. The van der Waals surface area contributed by atoms with Gasteiger partial charge in [0.25, 0.3) is 0 Å². The molecule has 118 valence electrons. The van der Waals surface area contributed by atoms with Crippen LogP contribution < -0.4 is 10.1 Å². The number of likely N-dealkylation sites (N-methyl/N-ethyl adjacent to an activating group) is 1. The second kappa shape index (κ2) is 9.60. The van der Waals surface area contributed by atoms with Crippen LogP contribution in [-0.4, -0.2) is 46.0 Å². The molecule has 0 bridgehead atoms. The maximum atomic E-state index is 11.6. The zero-order valence-corrected chi connectivity index (χ0v) is 13.4. The van der Waals surface area contributed by atoms with Crippen molar-refractivity contribution in [1.82, 2.24) is 5.32 Å². The van der Waals surface area contributed by atoms with Gasteiger partial charge in [-0.1, -0.05) is 17.7 Å². The van der Waals surface area contributed by atoms with Gasteiger partial charge in [0.15, 0.2) is 6.10 Å². The Morgan fingerprint density at radius 2 is 2.19 bits per heavy atom. The van der Waals surface area contributed by atoms with Gasteiger partial charge in [0.1, 0.15) is 12.4 Å². The predicted molar refractivity (Wildman–Crippen MR) is 82.0 cm³/mol. The van der Waals surface area contributed by atoms with Crippen molar-refractivity contribution in [3.63, 3.8) is 0 Å². The molecule has 1 N–H and O–H groups in total. The number of ether oxygens (including phenoxy) is 3. The van der Waals surface area contributed by atoms with Crippen molar-refractivity contribution in [1.29, 1.82) is 0 Å². The van der Waals surface area contributed by atoms with Crippen LogP contribution in [0.5, 0.6) is 5.75 Å². The van der Waals surface area contributed by atoms with E-state index in [0.29, 0.717) is 30.4 Å². The summed E-state index contributed by atoms with van der Waals surface area (Å²) >= 11 is 6.18. The van der Waals surface area contributed by atoms with Gasteiger partial charge in [-0.15, -0.1) is 0 Å². The van der Waals surface area contributed by atoms with Crippen molar-refractivity contribution >= 4 is 17.6 Å². The van der Waals surface area contributed by atoms with Crippen LogP contribution in [0.4, 0.5) is 0 Å². The highest BCUT2D eigenvalue weighted by Gasteiger charge is 2.20. The third kappa shape index (κ3) is 5.91. The maximum absolute atomic E-state index is 11.6. The molecule has 0 aliphatic rings. The molecule has 1 rings (SSSR count). The topological polar surface area (TPSA) is 56.8 Å². The Labute approximate surface area is 130 Å². The minimum atomic E-state index is -0.618. The number of esters is 1. The molecule has 1 aromatic carbocycles. The summed E-state index contributed by atoms with van der Waals surface area (Å²) in [6, 6.07) is 5.45. The molecule has 0 radical (unpaired) electrons. The Hall–Kier alpha value is -1.30. The molecule has 6 heteroatoms. The molecule has 0 aromatic heterocycles. The number of halogens is 1. The molecule has 0 saturated heterocycles. The van der Waals surface area contributed by atoms with E-state index in [2.05, 4.69) is 5.32 Å². The van der Waals surface area contributed by atoms with Gasteiger partial charge < -0.3 is 19.5 Å². The third-order valence-electron chi connectivity index (χ3n) is 2.86. The van der Waals surface area contributed by atoms with E-state index in [1.54, 1.807) is 12.1 Å². The average molecular weight is 316 g/mol. The van der Waals surface area contributed by atoms with E-state index in [-0.39, 0.29) is 5.97 Å². The largest absolute Gasteiger partial charge is 0.491 e. The van der Waals surface area contributed by atoms with Crippen LogP contribution in [0.3, 0.4) is 0 Å². The van der Waals surface area contributed by atoms with Crippen molar-refractivity contribution in [2.24, 2.45) is 0 Å². The molecule has 5 nitrogen and oxygen atoms in total. The lowest BCUT2D eigenvalue weighted by Crippen LogP contribution is -2.28. The summed E-state index contributed by atoms with van der Waals surface area (Å²) in [7, 11) is 3.20. The van der Waals surface area contributed by atoms with Crippen LogP contribution >= 0.6 is 11.6 Å². The quantitative estimate of drug-likeness (QED) is 0.558. The number of carbonyl (C=O) groups is 1. The van der Waals surface area contributed by atoms with Gasteiger partial charge >= 0.3 is 5.97 Å². The van der Waals surface area contributed by atoms with Crippen molar-refractivity contribution in [3.05, 3.63) is 28.8 Å². The summed E-state index contributed by atoms with van der Waals surface area (Å²) in [5.74, 6) is 0.240. The van der Waals surface area contributed by atoms with Crippen LogP contribution in [0.2, 0.25) is 5.02 Å². The highest BCUT2D eigenvalue weighted by atomic mass is 35.5. The van der Waals surface area contributed by atoms with Gasteiger partial charge in [-0.25, -0.2) is 4.79 Å². The molecule has 0 heterocycles. The molecule has 21 heavy (non-hydrogen) atoms. The predicted octanol–water partition coefficient (Wildman–Crippen LogP) is 2.06. The van der Waals surface area contributed by atoms with Gasteiger partial charge in [-0.3, -0.25) is 0 Å². The zero-order chi connectivity index (χ0) is 15.7. The van der Waals surface area contributed by atoms with Crippen LogP contribution in [0, 0.1) is 0 Å². The second-order valence-corrected chi connectivity index (χ2v) is 4.80. The highest BCUT2D eigenvalue weighted by Crippen LogP contribution is 2.26.